The SMILES string of the molecule is CC[C@@H](C)c1ccc2oc(-c3cccc(NC(=S)NC(=O)c4ccc(F)cc4)c3)nc2c1. The number of anilines is 1. The van der Waals surface area contributed by atoms with Gasteiger partial charge >= 0.3 is 0 Å². The number of hydrogen-bond acceptors (Lipinski definition) is 4. The summed E-state index contributed by atoms with van der Waals surface area (Å²) in [5.74, 6) is 0.133. The molecule has 1 heterocycles. The molecule has 3 aromatic carbocycles. The molecule has 4 aromatic rings. The number of hydrogen-bond donors (Lipinski definition) is 2. The molecule has 0 aliphatic heterocycles. The lowest BCUT2D eigenvalue weighted by Gasteiger charge is -2.10. The van der Waals surface area contributed by atoms with E-state index in [4.69, 9.17) is 16.6 Å². The van der Waals surface area contributed by atoms with Crippen LogP contribution in [-0.4, -0.2) is 16.0 Å². The molecule has 0 bridgehead atoms. The monoisotopic (exact) mass is 447 g/mol. The maximum absolute atomic E-state index is 13.0. The van der Waals surface area contributed by atoms with Gasteiger partial charge in [0.05, 0.1) is 0 Å². The van der Waals surface area contributed by atoms with E-state index in [9.17, 15) is 9.18 Å². The number of carbonyl (C=O) groups is 1. The fraction of sp³-hybridized carbons (Fsp3) is 0.160. The minimum absolute atomic E-state index is 0.132. The van der Waals surface area contributed by atoms with Gasteiger partial charge in [-0.25, -0.2) is 9.37 Å². The quantitative estimate of drug-likeness (QED) is 0.353. The van der Waals surface area contributed by atoms with Crippen LogP contribution in [0, 0.1) is 5.82 Å². The number of fused-ring (bicyclic) bond motifs is 1. The summed E-state index contributed by atoms with van der Waals surface area (Å²) in [6.45, 7) is 4.35. The zero-order valence-electron chi connectivity index (χ0n) is 17.7. The van der Waals surface area contributed by atoms with Gasteiger partial charge in [0.15, 0.2) is 10.7 Å². The lowest BCUT2D eigenvalue weighted by molar-refractivity contribution is 0.0977. The molecular weight excluding hydrogens is 425 g/mol. The number of thiocarbonyl (C=S) groups is 1. The maximum atomic E-state index is 13.0. The molecule has 0 unspecified atom stereocenters. The topological polar surface area (TPSA) is 67.2 Å². The maximum Gasteiger partial charge on any atom is 0.257 e. The van der Waals surface area contributed by atoms with E-state index >= 15 is 0 Å². The van der Waals surface area contributed by atoms with Gasteiger partial charge in [0.25, 0.3) is 5.91 Å². The third-order valence-electron chi connectivity index (χ3n) is 5.29. The summed E-state index contributed by atoms with van der Waals surface area (Å²) in [5.41, 5.74) is 4.55. The highest BCUT2D eigenvalue weighted by molar-refractivity contribution is 7.80. The largest absolute Gasteiger partial charge is 0.436 e. The third kappa shape index (κ3) is 4.84. The van der Waals surface area contributed by atoms with Crippen LogP contribution in [0.1, 0.15) is 42.1 Å². The van der Waals surface area contributed by atoms with Crippen LogP contribution in [0.2, 0.25) is 0 Å². The van der Waals surface area contributed by atoms with Gasteiger partial charge in [-0.15, -0.1) is 0 Å². The Morgan fingerprint density at radius 2 is 1.91 bits per heavy atom. The van der Waals surface area contributed by atoms with Crippen molar-refractivity contribution in [1.82, 2.24) is 10.3 Å². The minimum Gasteiger partial charge on any atom is -0.436 e. The molecule has 2 N–H and O–H groups in total. The van der Waals surface area contributed by atoms with Gasteiger partial charge in [-0.3, -0.25) is 10.1 Å². The fourth-order valence-corrected chi connectivity index (χ4v) is 3.49. The molecule has 0 saturated heterocycles. The molecule has 1 aromatic heterocycles. The minimum atomic E-state index is -0.422. The second-order valence-electron chi connectivity index (χ2n) is 7.55. The first kappa shape index (κ1) is 21.6. The van der Waals surface area contributed by atoms with Crippen LogP contribution in [0.25, 0.3) is 22.6 Å². The van der Waals surface area contributed by atoms with Crippen molar-refractivity contribution in [3.05, 3.63) is 83.7 Å². The summed E-state index contributed by atoms with van der Waals surface area (Å²) < 4.78 is 19.0. The first-order valence-electron chi connectivity index (χ1n) is 10.3. The van der Waals surface area contributed by atoms with Crippen LogP contribution in [0.4, 0.5) is 10.1 Å². The number of benzene rings is 3. The number of amides is 1. The molecular formula is C25H22FN3O2S. The molecule has 162 valence electrons. The molecule has 0 aliphatic rings. The summed E-state index contributed by atoms with van der Waals surface area (Å²) in [6, 6.07) is 18.7. The van der Waals surface area contributed by atoms with E-state index in [-0.39, 0.29) is 5.11 Å². The Morgan fingerprint density at radius 3 is 2.66 bits per heavy atom. The number of aromatic nitrogens is 1. The van der Waals surface area contributed by atoms with E-state index in [1.165, 1.54) is 29.8 Å². The smallest absolute Gasteiger partial charge is 0.257 e. The van der Waals surface area contributed by atoms with Crippen molar-refractivity contribution in [3.63, 3.8) is 0 Å². The predicted molar refractivity (Wildman–Crippen MR) is 128 cm³/mol. The molecule has 0 saturated carbocycles. The van der Waals surface area contributed by atoms with Gasteiger partial charge < -0.3 is 9.73 Å². The standard InChI is InChI=1S/C25H22FN3O2S/c1-3-15(2)17-9-12-22-21(14-17)28-24(31-22)18-5-4-6-20(13-18)27-25(32)29-23(30)16-7-10-19(26)11-8-16/h4-15H,3H2,1-2H3,(H2,27,29,30,32)/t15-/m1/s1. The van der Waals surface area contributed by atoms with Crippen molar-refractivity contribution in [2.45, 2.75) is 26.2 Å². The summed E-state index contributed by atoms with van der Waals surface area (Å²) in [5, 5.41) is 5.70. The Kier molecular flexibility index (Phi) is 6.28. The molecule has 7 heteroatoms. The second kappa shape index (κ2) is 9.28. The number of carbonyl (C=O) groups excluding carboxylic acids is 1. The first-order chi connectivity index (χ1) is 15.4. The van der Waals surface area contributed by atoms with Crippen molar-refractivity contribution >= 4 is 40.0 Å². The molecule has 0 aliphatic carbocycles. The van der Waals surface area contributed by atoms with Gasteiger partial charge in [-0.2, -0.15) is 0 Å². The van der Waals surface area contributed by atoms with Crippen LogP contribution in [0.15, 0.2) is 71.1 Å². The van der Waals surface area contributed by atoms with Crippen LogP contribution in [0.5, 0.6) is 0 Å². The zero-order chi connectivity index (χ0) is 22.7. The van der Waals surface area contributed by atoms with E-state index in [0.29, 0.717) is 23.1 Å². The van der Waals surface area contributed by atoms with Crippen molar-refractivity contribution in [2.24, 2.45) is 0 Å². The third-order valence-corrected chi connectivity index (χ3v) is 5.50. The molecule has 32 heavy (non-hydrogen) atoms. The Bertz CT molecular complexity index is 1280. The van der Waals surface area contributed by atoms with E-state index in [1.807, 2.05) is 30.3 Å². The fourth-order valence-electron chi connectivity index (χ4n) is 3.28. The Labute approximate surface area is 190 Å². The van der Waals surface area contributed by atoms with Crippen molar-refractivity contribution in [1.29, 1.82) is 0 Å². The second-order valence-corrected chi connectivity index (χ2v) is 7.96. The van der Waals surface area contributed by atoms with Crippen LogP contribution < -0.4 is 10.6 Å². The van der Waals surface area contributed by atoms with Gasteiger partial charge in [-0.05, 0) is 84.7 Å². The van der Waals surface area contributed by atoms with Crippen LogP contribution in [-0.2, 0) is 0 Å². The molecule has 0 spiro atoms. The highest BCUT2D eigenvalue weighted by Crippen LogP contribution is 2.29. The van der Waals surface area contributed by atoms with E-state index in [1.54, 1.807) is 0 Å². The van der Waals surface area contributed by atoms with E-state index in [0.717, 1.165) is 23.1 Å². The Balaban J connectivity index is 1.49. The molecule has 0 radical (unpaired) electrons. The van der Waals surface area contributed by atoms with Gasteiger partial charge in [-0.1, -0.05) is 26.0 Å². The summed E-state index contributed by atoms with van der Waals surface area (Å²) in [6.07, 6.45) is 1.06. The number of oxazole rings is 1. The summed E-state index contributed by atoms with van der Waals surface area (Å²) >= 11 is 5.24. The first-order valence-corrected chi connectivity index (χ1v) is 10.7. The predicted octanol–water partition coefficient (Wildman–Crippen LogP) is 6.27. The van der Waals surface area contributed by atoms with E-state index < -0.39 is 11.7 Å². The number of rotatable bonds is 5. The Morgan fingerprint density at radius 1 is 1.12 bits per heavy atom. The van der Waals surface area contributed by atoms with Crippen LogP contribution in [0.3, 0.4) is 0 Å². The number of nitrogens with one attached hydrogen (secondary N) is 2. The van der Waals surface area contributed by atoms with Gasteiger partial charge in [0.2, 0.25) is 5.89 Å². The molecule has 5 nitrogen and oxygen atoms in total. The number of nitrogens with zero attached hydrogens (tertiary/aromatic N) is 1. The molecule has 0 fully saturated rings. The molecule has 4 rings (SSSR count). The van der Waals surface area contributed by atoms with E-state index in [2.05, 4.69) is 41.6 Å². The lowest BCUT2D eigenvalue weighted by Crippen LogP contribution is -2.34. The average molecular weight is 448 g/mol. The highest BCUT2D eigenvalue weighted by Gasteiger charge is 2.12. The van der Waals surface area contributed by atoms with Crippen LogP contribution >= 0.6 is 12.2 Å². The van der Waals surface area contributed by atoms with Gasteiger partial charge in [0.1, 0.15) is 11.3 Å². The molecule has 1 amide bonds. The summed E-state index contributed by atoms with van der Waals surface area (Å²) in [4.78, 5) is 16.9. The van der Waals surface area contributed by atoms with Crippen molar-refractivity contribution < 1.29 is 13.6 Å². The molecule has 1 atom stereocenters. The highest BCUT2D eigenvalue weighted by atomic mass is 32.1. The summed E-state index contributed by atoms with van der Waals surface area (Å²) in [7, 11) is 0. The lowest BCUT2D eigenvalue weighted by atomic mass is 9.98. The zero-order valence-corrected chi connectivity index (χ0v) is 18.5. The van der Waals surface area contributed by atoms with Crippen molar-refractivity contribution in [2.75, 3.05) is 5.32 Å². The van der Waals surface area contributed by atoms with Gasteiger partial charge in [0, 0.05) is 16.8 Å². The average Bonchev–Trinajstić information content (AvgIpc) is 3.22. The Hall–Kier alpha value is -3.58. The normalized spacial score (nSPS) is 11.8. The van der Waals surface area contributed by atoms with Crippen molar-refractivity contribution in [3.8, 4) is 11.5 Å². The number of halogens is 1.